The Balaban J connectivity index is 1.66. The second-order valence-corrected chi connectivity index (χ2v) is 7.51. The topological polar surface area (TPSA) is 94.1 Å². The smallest absolute Gasteiger partial charge is 0.164 e. The zero-order chi connectivity index (χ0) is 19.8. The van der Waals surface area contributed by atoms with E-state index in [9.17, 15) is 4.39 Å². The lowest BCUT2D eigenvalue weighted by molar-refractivity contribution is 0.122. The van der Waals surface area contributed by atoms with Gasteiger partial charge in [-0.05, 0) is 44.1 Å². The molecule has 0 saturated carbocycles. The van der Waals surface area contributed by atoms with Crippen molar-refractivity contribution in [1.29, 1.82) is 0 Å². The summed E-state index contributed by atoms with van der Waals surface area (Å²) in [5.41, 5.74) is 7.16. The minimum atomic E-state index is -0.467. The summed E-state index contributed by atoms with van der Waals surface area (Å²) < 4.78 is 21.6. The summed E-state index contributed by atoms with van der Waals surface area (Å²) in [6, 6.07) is 4.99. The van der Waals surface area contributed by atoms with Gasteiger partial charge in [-0.3, -0.25) is 0 Å². The number of nitrogens with zero attached hydrogens (tertiary/aromatic N) is 5. The molecule has 0 spiro atoms. The fourth-order valence-corrected chi connectivity index (χ4v) is 4.04. The van der Waals surface area contributed by atoms with Gasteiger partial charge in [0.1, 0.15) is 11.6 Å². The first-order valence-electron chi connectivity index (χ1n) is 10.0. The molecule has 2 fully saturated rings. The highest BCUT2D eigenvalue weighted by atomic mass is 19.1. The molecule has 2 aliphatic rings. The predicted molar refractivity (Wildman–Crippen MR) is 109 cm³/mol. The van der Waals surface area contributed by atoms with Gasteiger partial charge in [-0.1, -0.05) is 0 Å². The molecule has 0 aliphatic carbocycles. The highest BCUT2D eigenvalue weighted by molar-refractivity contribution is 5.89. The quantitative estimate of drug-likeness (QED) is 0.653. The van der Waals surface area contributed by atoms with E-state index < -0.39 is 5.82 Å². The predicted octanol–water partition coefficient (Wildman–Crippen LogP) is 1.98. The van der Waals surface area contributed by atoms with E-state index in [-0.39, 0.29) is 11.7 Å². The SMILES string of the molecule is Nc1ccc(-c2nc(N3CCOCC3)c3cnn(C4CCNCC4)c3n2)cc1F. The number of ether oxygens (including phenoxy) is 1. The maximum atomic E-state index is 14.1. The highest BCUT2D eigenvalue weighted by Gasteiger charge is 2.24. The Labute approximate surface area is 167 Å². The van der Waals surface area contributed by atoms with E-state index in [0.29, 0.717) is 24.6 Å². The van der Waals surface area contributed by atoms with Crippen LogP contribution in [-0.4, -0.2) is 59.1 Å². The molecule has 5 rings (SSSR count). The number of halogens is 1. The van der Waals surface area contributed by atoms with E-state index in [0.717, 1.165) is 55.9 Å². The minimum Gasteiger partial charge on any atom is -0.396 e. The van der Waals surface area contributed by atoms with Crippen LogP contribution in [0.5, 0.6) is 0 Å². The molecule has 4 heterocycles. The van der Waals surface area contributed by atoms with Gasteiger partial charge in [0.05, 0.1) is 36.5 Å². The number of nitrogens with one attached hydrogen (secondary N) is 1. The first-order chi connectivity index (χ1) is 14.2. The van der Waals surface area contributed by atoms with Crippen LogP contribution in [0.15, 0.2) is 24.4 Å². The number of aromatic nitrogens is 4. The molecule has 2 aliphatic heterocycles. The molecule has 2 aromatic heterocycles. The normalized spacial score (nSPS) is 18.4. The summed E-state index contributed by atoms with van der Waals surface area (Å²) in [6.45, 7) is 4.73. The van der Waals surface area contributed by atoms with Crippen LogP contribution in [0.4, 0.5) is 15.9 Å². The van der Waals surface area contributed by atoms with Gasteiger partial charge in [-0.2, -0.15) is 5.10 Å². The van der Waals surface area contributed by atoms with Gasteiger partial charge in [0.25, 0.3) is 0 Å². The fourth-order valence-electron chi connectivity index (χ4n) is 4.04. The molecule has 0 amide bonds. The number of benzene rings is 1. The van der Waals surface area contributed by atoms with E-state index in [2.05, 4.69) is 15.3 Å². The van der Waals surface area contributed by atoms with Crippen molar-refractivity contribution in [2.24, 2.45) is 0 Å². The lowest BCUT2D eigenvalue weighted by Crippen LogP contribution is -2.37. The zero-order valence-electron chi connectivity index (χ0n) is 16.1. The Morgan fingerprint density at radius 1 is 1.14 bits per heavy atom. The number of nitrogen functional groups attached to an aromatic ring is 1. The molecule has 1 aromatic carbocycles. The number of piperidine rings is 1. The van der Waals surface area contributed by atoms with Crippen molar-refractivity contribution in [3.63, 3.8) is 0 Å². The van der Waals surface area contributed by atoms with Crippen LogP contribution in [0.3, 0.4) is 0 Å². The van der Waals surface area contributed by atoms with Gasteiger partial charge < -0.3 is 20.7 Å². The maximum Gasteiger partial charge on any atom is 0.164 e. The maximum absolute atomic E-state index is 14.1. The largest absolute Gasteiger partial charge is 0.396 e. The molecule has 0 bridgehead atoms. The molecule has 0 unspecified atom stereocenters. The minimum absolute atomic E-state index is 0.114. The monoisotopic (exact) mass is 397 g/mol. The molecular weight excluding hydrogens is 373 g/mol. The van der Waals surface area contributed by atoms with Gasteiger partial charge in [0, 0.05) is 18.7 Å². The van der Waals surface area contributed by atoms with Crippen molar-refractivity contribution < 1.29 is 9.13 Å². The third-order valence-electron chi connectivity index (χ3n) is 5.66. The first kappa shape index (κ1) is 18.3. The van der Waals surface area contributed by atoms with Gasteiger partial charge in [0.15, 0.2) is 11.5 Å². The number of fused-ring (bicyclic) bond motifs is 1. The first-order valence-corrected chi connectivity index (χ1v) is 10.0. The van der Waals surface area contributed by atoms with Crippen molar-refractivity contribution >= 4 is 22.5 Å². The molecule has 3 N–H and O–H groups in total. The summed E-state index contributed by atoms with van der Waals surface area (Å²) in [5.74, 6) is 0.838. The van der Waals surface area contributed by atoms with Crippen LogP contribution >= 0.6 is 0 Å². The Morgan fingerprint density at radius 2 is 1.93 bits per heavy atom. The zero-order valence-corrected chi connectivity index (χ0v) is 16.1. The van der Waals surface area contributed by atoms with Gasteiger partial charge in [-0.15, -0.1) is 0 Å². The number of anilines is 2. The Morgan fingerprint density at radius 3 is 2.69 bits per heavy atom. The number of nitrogens with two attached hydrogens (primary N) is 1. The Kier molecular flexibility index (Phi) is 4.76. The third kappa shape index (κ3) is 3.40. The number of hydrogen-bond donors (Lipinski definition) is 2. The standard InChI is InChI=1S/C20H24FN7O/c21-16-11-13(1-2-17(16)22)18-25-19(27-7-9-29-10-8-27)15-12-24-28(20(15)26-18)14-3-5-23-6-4-14/h1-2,11-12,14,23H,3-10,22H2. The van der Waals surface area contributed by atoms with Crippen molar-refractivity contribution in [3.05, 3.63) is 30.2 Å². The highest BCUT2D eigenvalue weighted by Crippen LogP contribution is 2.31. The number of rotatable bonds is 3. The lowest BCUT2D eigenvalue weighted by atomic mass is 10.1. The summed E-state index contributed by atoms with van der Waals surface area (Å²) in [7, 11) is 0. The summed E-state index contributed by atoms with van der Waals surface area (Å²) in [6.07, 6.45) is 3.86. The molecule has 29 heavy (non-hydrogen) atoms. The van der Waals surface area contributed by atoms with E-state index in [1.807, 2.05) is 10.9 Å². The molecular formula is C20H24FN7O. The van der Waals surface area contributed by atoms with E-state index in [1.165, 1.54) is 6.07 Å². The van der Waals surface area contributed by atoms with Crippen LogP contribution in [0.1, 0.15) is 18.9 Å². The van der Waals surface area contributed by atoms with Crippen LogP contribution in [-0.2, 0) is 4.74 Å². The van der Waals surface area contributed by atoms with Gasteiger partial charge in [0.2, 0.25) is 0 Å². The molecule has 0 radical (unpaired) electrons. The van der Waals surface area contributed by atoms with Crippen LogP contribution in [0.2, 0.25) is 0 Å². The van der Waals surface area contributed by atoms with Crippen LogP contribution in [0.25, 0.3) is 22.4 Å². The molecule has 3 aromatic rings. The third-order valence-corrected chi connectivity index (χ3v) is 5.66. The Bertz CT molecular complexity index is 1030. The molecule has 2 saturated heterocycles. The second-order valence-electron chi connectivity index (χ2n) is 7.51. The van der Waals surface area contributed by atoms with Crippen molar-refractivity contribution in [2.75, 3.05) is 50.0 Å². The van der Waals surface area contributed by atoms with Gasteiger partial charge >= 0.3 is 0 Å². The second kappa shape index (κ2) is 7.57. The molecule has 152 valence electrons. The summed E-state index contributed by atoms with van der Waals surface area (Å²) in [5, 5.41) is 8.98. The number of hydrogen-bond acceptors (Lipinski definition) is 7. The summed E-state index contributed by atoms with van der Waals surface area (Å²) in [4.78, 5) is 11.8. The van der Waals surface area contributed by atoms with Crippen molar-refractivity contribution in [1.82, 2.24) is 25.1 Å². The van der Waals surface area contributed by atoms with E-state index in [1.54, 1.807) is 12.1 Å². The van der Waals surface area contributed by atoms with Crippen LogP contribution < -0.4 is 16.0 Å². The van der Waals surface area contributed by atoms with E-state index >= 15 is 0 Å². The van der Waals surface area contributed by atoms with E-state index in [4.69, 9.17) is 20.4 Å². The van der Waals surface area contributed by atoms with Crippen molar-refractivity contribution in [3.8, 4) is 11.4 Å². The molecule has 9 heteroatoms. The van der Waals surface area contributed by atoms with Gasteiger partial charge in [-0.25, -0.2) is 19.0 Å². The lowest BCUT2D eigenvalue weighted by Gasteiger charge is -2.28. The van der Waals surface area contributed by atoms with Crippen molar-refractivity contribution in [2.45, 2.75) is 18.9 Å². The average molecular weight is 397 g/mol. The Hall–Kier alpha value is -2.78. The fraction of sp³-hybridized carbons (Fsp3) is 0.450. The molecule has 0 atom stereocenters. The number of morpholine rings is 1. The summed E-state index contributed by atoms with van der Waals surface area (Å²) >= 11 is 0. The average Bonchev–Trinajstić information content (AvgIpc) is 3.20. The van der Waals surface area contributed by atoms with Crippen LogP contribution in [0, 0.1) is 5.82 Å². The molecule has 8 nitrogen and oxygen atoms in total.